The minimum Gasteiger partial charge on any atom is -0.439 e. The summed E-state index contributed by atoms with van der Waals surface area (Å²) < 4.78 is 10.9. The van der Waals surface area contributed by atoms with Gasteiger partial charge in [-0.15, -0.1) is 0 Å². The normalized spacial score (nSPS) is 16.8. The molecule has 1 N–H and O–H groups in total. The summed E-state index contributed by atoms with van der Waals surface area (Å²) in [6.45, 7) is 3.60. The lowest BCUT2D eigenvalue weighted by Crippen LogP contribution is -2.48. The molecule has 1 saturated heterocycles. The monoisotopic (exact) mass is 338 g/mol. The molecule has 1 aromatic carbocycles. The topological polar surface area (TPSA) is 87.5 Å². The van der Waals surface area contributed by atoms with E-state index in [1.807, 2.05) is 6.92 Å². The average Bonchev–Trinajstić information content (AvgIpc) is 2.64. The van der Waals surface area contributed by atoms with Crippen LogP contribution in [0.3, 0.4) is 0 Å². The second kappa shape index (κ2) is 7.64. The van der Waals surface area contributed by atoms with Gasteiger partial charge in [-0.1, -0.05) is 6.07 Å². The van der Waals surface area contributed by atoms with E-state index < -0.39 is 0 Å². The van der Waals surface area contributed by atoms with Crippen molar-refractivity contribution in [3.8, 4) is 17.7 Å². The Morgan fingerprint density at radius 3 is 3.04 bits per heavy atom. The summed E-state index contributed by atoms with van der Waals surface area (Å²) in [6, 6.07) is 12.1. The maximum Gasteiger partial charge on any atom is 0.322 e. The van der Waals surface area contributed by atoms with Crippen molar-refractivity contribution < 1.29 is 14.3 Å². The van der Waals surface area contributed by atoms with Crippen molar-refractivity contribution in [3.05, 3.63) is 48.2 Å². The number of carbonyl (C=O) groups excluding carboxylic acids is 1. The number of hydrogen-bond donors (Lipinski definition) is 1. The summed E-state index contributed by atoms with van der Waals surface area (Å²) in [4.78, 5) is 18.2. The summed E-state index contributed by atoms with van der Waals surface area (Å²) >= 11 is 0. The number of anilines is 1. The number of nitriles is 1. The molecule has 1 aliphatic rings. The number of morpholine rings is 1. The van der Waals surface area contributed by atoms with Gasteiger partial charge in [0.25, 0.3) is 0 Å². The van der Waals surface area contributed by atoms with Crippen LogP contribution in [0.15, 0.2) is 42.6 Å². The van der Waals surface area contributed by atoms with E-state index in [4.69, 9.17) is 14.7 Å². The Morgan fingerprint density at radius 2 is 2.32 bits per heavy atom. The molecule has 1 aromatic heterocycles. The van der Waals surface area contributed by atoms with Gasteiger partial charge in [0, 0.05) is 12.6 Å². The summed E-state index contributed by atoms with van der Waals surface area (Å²) in [5.74, 6) is 0.915. The molecule has 2 heterocycles. The highest BCUT2D eigenvalue weighted by atomic mass is 16.5. The molecule has 128 valence electrons. The van der Waals surface area contributed by atoms with Gasteiger partial charge in [-0.05, 0) is 31.2 Å². The largest absolute Gasteiger partial charge is 0.439 e. The molecule has 2 amide bonds. The Kier molecular flexibility index (Phi) is 5.11. The maximum atomic E-state index is 12.3. The third kappa shape index (κ3) is 4.25. The van der Waals surface area contributed by atoms with E-state index in [-0.39, 0.29) is 12.1 Å². The van der Waals surface area contributed by atoms with Crippen LogP contribution in [0, 0.1) is 11.3 Å². The van der Waals surface area contributed by atoms with Crippen LogP contribution < -0.4 is 10.1 Å². The minimum atomic E-state index is -0.173. The summed E-state index contributed by atoms with van der Waals surface area (Å²) in [7, 11) is 0. The third-order valence-electron chi connectivity index (χ3n) is 3.80. The lowest BCUT2D eigenvalue weighted by molar-refractivity contribution is 0.0221. The van der Waals surface area contributed by atoms with E-state index >= 15 is 0 Å². The zero-order valence-electron chi connectivity index (χ0n) is 13.8. The summed E-state index contributed by atoms with van der Waals surface area (Å²) in [6.07, 6.45) is 1.53. The molecule has 0 saturated carbocycles. The summed E-state index contributed by atoms with van der Waals surface area (Å²) in [5, 5.41) is 11.7. The Bertz CT molecular complexity index is 786. The molecule has 0 radical (unpaired) electrons. The molecule has 7 heteroatoms. The predicted octanol–water partition coefficient (Wildman–Crippen LogP) is 3.00. The van der Waals surface area contributed by atoms with Crippen LogP contribution in [0.5, 0.6) is 11.6 Å². The second-order valence-electron chi connectivity index (χ2n) is 5.67. The molecule has 2 aromatic rings. The maximum absolute atomic E-state index is 12.3. The van der Waals surface area contributed by atoms with E-state index in [1.165, 1.54) is 6.20 Å². The van der Waals surface area contributed by atoms with Crippen molar-refractivity contribution in [3.63, 3.8) is 0 Å². The fourth-order valence-corrected chi connectivity index (χ4v) is 2.49. The van der Waals surface area contributed by atoms with Crippen molar-refractivity contribution in [1.29, 1.82) is 5.26 Å². The molecule has 25 heavy (non-hydrogen) atoms. The Hall–Kier alpha value is -3.11. The number of urea groups is 1. The lowest BCUT2D eigenvalue weighted by Gasteiger charge is -2.33. The van der Waals surface area contributed by atoms with Gasteiger partial charge in [0.2, 0.25) is 5.88 Å². The van der Waals surface area contributed by atoms with E-state index in [0.717, 1.165) is 0 Å². The van der Waals surface area contributed by atoms with Crippen LogP contribution in [-0.2, 0) is 4.74 Å². The number of hydrogen-bond acceptors (Lipinski definition) is 5. The summed E-state index contributed by atoms with van der Waals surface area (Å²) in [5.41, 5.74) is 1.10. The van der Waals surface area contributed by atoms with Crippen LogP contribution in [0.1, 0.15) is 12.5 Å². The number of nitrogens with one attached hydrogen (secondary N) is 1. The average molecular weight is 338 g/mol. The third-order valence-corrected chi connectivity index (χ3v) is 3.80. The van der Waals surface area contributed by atoms with Gasteiger partial charge in [-0.3, -0.25) is 0 Å². The lowest BCUT2D eigenvalue weighted by atomic mass is 10.2. The number of nitrogens with zero attached hydrogens (tertiary/aromatic N) is 3. The van der Waals surface area contributed by atoms with Crippen LogP contribution >= 0.6 is 0 Å². The first kappa shape index (κ1) is 16.7. The predicted molar refractivity (Wildman–Crippen MR) is 91.5 cm³/mol. The second-order valence-corrected chi connectivity index (χ2v) is 5.67. The van der Waals surface area contributed by atoms with E-state index in [0.29, 0.717) is 42.6 Å². The molecule has 1 fully saturated rings. The van der Waals surface area contributed by atoms with Crippen molar-refractivity contribution in [2.45, 2.75) is 13.0 Å². The minimum absolute atomic E-state index is 0.0386. The Labute approximate surface area is 145 Å². The van der Waals surface area contributed by atoms with Crippen LogP contribution in [0.25, 0.3) is 0 Å². The van der Waals surface area contributed by atoms with E-state index in [1.54, 1.807) is 41.3 Å². The highest BCUT2D eigenvalue weighted by Crippen LogP contribution is 2.21. The van der Waals surface area contributed by atoms with E-state index in [2.05, 4.69) is 16.4 Å². The first-order valence-electron chi connectivity index (χ1n) is 7.95. The zero-order valence-corrected chi connectivity index (χ0v) is 13.8. The Balaban J connectivity index is 1.62. The number of pyridine rings is 1. The molecule has 7 nitrogen and oxygen atoms in total. The van der Waals surface area contributed by atoms with Gasteiger partial charge in [-0.2, -0.15) is 5.26 Å². The first-order chi connectivity index (χ1) is 12.2. The van der Waals surface area contributed by atoms with Gasteiger partial charge in [0.15, 0.2) is 0 Å². The number of benzene rings is 1. The molecule has 0 aliphatic carbocycles. The first-order valence-corrected chi connectivity index (χ1v) is 7.95. The van der Waals surface area contributed by atoms with Crippen LogP contribution in [0.2, 0.25) is 0 Å². The number of ether oxygens (including phenoxy) is 2. The quantitative estimate of drug-likeness (QED) is 0.929. The number of rotatable bonds is 3. The smallest absolute Gasteiger partial charge is 0.322 e. The molecule has 3 rings (SSSR count). The van der Waals surface area contributed by atoms with Gasteiger partial charge in [0.05, 0.1) is 42.8 Å². The Morgan fingerprint density at radius 1 is 1.44 bits per heavy atom. The fourth-order valence-electron chi connectivity index (χ4n) is 2.49. The molecular formula is C18H18N4O3. The highest BCUT2D eigenvalue weighted by molar-refractivity contribution is 5.89. The van der Waals surface area contributed by atoms with Crippen LogP contribution in [0.4, 0.5) is 10.5 Å². The van der Waals surface area contributed by atoms with Crippen molar-refractivity contribution in [1.82, 2.24) is 9.88 Å². The van der Waals surface area contributed by atoms with Gasteiger partial charge < -0.3 is 19.7 Å². The molecule has 1 atom stereocenters. The van der Waals surface area contributed by atoms with Crippen molar-refractivity contribution in [2.24, 2.45) is 0 Å². The molecule has 1 aliphatic heterocycles. The molecule has 1 unspecified atom stereocenters. The van der Waals surface area contributed by atoms with Gasteiger partial charge in [-0.25, -0.2) is 9.78 Å². The van der Waals surface area contributed by atoms with Crippen LogP contribution in [-0.4, -0.2) is 41.7 Å². The standard InChI is InChI=1S/C18H18N4O3/c1-13-12-24-8-7-22(13)18(23)21-15-5-6-17(20-11-15)25-16-4-2-3-14(9-16)10-19/h2-6,9,11,13H,7-8,12H2,1H3,(H,21,23). The molecular weight excluding hydrogens is 320 g/mol. The number of carbonyl (C=O) groups is 1. The SMILES string of the molecule is CC1COCCN1C(=O)Nc1ccc(Oc2cccc(C#N)c2)nc1. The van der Waals surface area contributed by atoms with Gasteiger partial charge in [0.1, 0.15) is 5.75 Å². The van der Waals surface area contributed by atoms with Gasteiger partial charge >= 0.3 is 6.03 Å². The van der Waals surface area contributed by atoms with Crippen molar-refractivity contribution in [2.75, 3.05) is 25.1 Å². The molecule has 0 bridgehead atoms. The van der Waals surface area contributed by atoms with E-state index in [9.17, 15) is 4.79 Å². The number of aromatic nitrogens is 1. The van der Waals surface area contributed by atoms with Crippen molar-refractivity contribution >= 4 is 11.7 Å². The molecule has 0 spiro atoms. The zero-order chi connectivity index (χ0) is 17.6. The number of amides is 2. The highest BCUT2D eigenvalue weighted by Gasteiger charge is 2.23. The fraction of sp³-hybridized carbons (Fsp3) is 0.278.